The number of nitrogens with one attached hydrogen (secondary N) is 3. The molecule has 25 nitrogen and oxygen atoms in total. The van der Waals surface area contributed by atoms with Crippen LogP contribution >= 0.6 is 11.3 Å². The van der Waals surface area contributed by atoms with Crippen molar-refractivity contribution in [2.45, 2.75) is 123 Å². The van der Waals surface area contributed by atoms with Crippen LogP contribution in [0.1, 0.15) is 121 Å². The van der Waals surface area contributed by atoms with E-state index < -0.39 is 63.2 Å². The van der Waals surface area contributed by atoms with Gasteiger partial charge < -0.3 is 44.5 Å². The van der Waals surface area contributed by atoms with E-state index in [1.165, 1.54) is 28.4 Å². The normalized spacial score (nSPS) is 21.4. The molecule has 95 heavy (non-hydrogen) atoms. The van der Waals surface area contributed by atoms with Gasteiger partial charge in [-0.2, -0.15) is 13.5 Å². The van der Waals surface area contributed by atoms with Gasteiger partial charge in [0.25, 0.3) is 27.8 Å². The molecule has 6 amide bonds. The molecule has 3 aromatic heterocycles. The standard InChI is InChI=1S/C68H79N10O15S2/c1-44-49(47-20-21-55(73-59(47)62(84)85)76-27-24-45-14-12-15-48(50(45)34-76)60(82)74-63-72-51-16-8-10-18-54(51)94-63)33-70-78(44)43-67-38-65(2)37-66(3,39-67)41-68(40-65,42-67)93-30-28-75(4)64(86)92-35-46-13-7-9-17-53(46)91-32-31-90-29-25-69-61(83)52(36-95(87,88)89)71-56(79)19-6-5-11-26-77-57(80)22-23-58(77)81/h7-8,10,12-18,20-23,33,52H,5-6,11,19,24-32,34-43H2,1-4H3,(H,69,83)(H,71,79)(H,84,85)(H,72,74,82)(H,87,88,89)/t52-,65?,66?,67?,68?/m0/s1. The van der Waals surface area contributed by atoms with Gasteiger partial charge in [-0.05, 0) is 135 Å². The summed E-state index contributed by atoms with van der Waals surface area (Å²) in [5.74, 6) is -3.81. The molecule has 6 aromatic rings. The van der Waals surface area contributed by atoms with Crippen molar-refractivity contribution in [1.82, 2.24) is 40.2 Å². The molecular weight excluding hydrogens is 1260 g/mol. The lowest BCUT2D eigenvalue weighted by atomic mass is 9.39. The third kappa shape index (κ3) is 16.2. The lowest BCUT2D eigenvalue weighted by Crippen LogP contribution is -2.64. The number of aromatic carboxylic acids is 1. The first kappa shape index (κ1) is 67.8. The highest BCUT2D eigenvalue weighted by Crippen LogP contribution is 2.72. The number of para-hydroxylation sites is 1. The van der Waals surface area contributed by atoms with Crippen molar-refractivity contribution >= 4 is 84.2 Å². The van der Waals surface area contributed by atoms with Crippen molar-refractivity contribution in [2.75, 3.05) is 75.6 Å². The van der Waals surface area contributed by atoms with Crippen LogP contribution in [0, 0.1) is 29.2 Å². The molecule has 27 heteroatoms. The van der Waals surface area contributed by atoms with E-state index in [2.05, 4.69) is 40.8 Å². The van der Waals surface area contributed by atoms with Gasteiger partial charge in [-0.1, -0.05) is 68.0 Å². The molecule has 4 saturated carbocycles. The number of aromatic nitrogens is 4. The summed E-state index contributed by atoms with van der Waals surface area (Å²) in [4.78, 5) is 103. The second-order valence-electron chi connectivity index (χ2n) is 26.5. The van der Waals surface area contributed by atoms with Crippen LogP contribution in [0.25, 0.3) is 21.3 Å². The SMILES string of the molecule is Cc1c(-c2ccc(N3CCc4cccc(C(=O)Nc5nc6ccccc6s5)c4C3)nc2C(=O)O)cnn1CC12CC3(C)CC(C)(C1)CC(OCCN(C)C(=O)OCc1cc[c]cc1OCCOCCNC(=O)[C@H](CS(=O)(=O)O)NC(=O)CCCCCN1C(=O)C=CC1=O)(C3)C2. The van der Waals surface area contributed by atoms with Gasteiger partial charge in [0.05, 0.1) is 41.8 Å². The van der Waals surface area contributed by atoms with Crippen LogP contribution < -0.4 is 25.6 Å². The van der Waals surface area contributed by atoms with Gasteiger partial charge in [-0.25, -0.2) is 19.6 Å². The van der Waals surface area contributed by atoms with Crippen molar-refractivity contribution in [3.8, 4) is 16.9 Å². The molecular formula is C68H79N10O15S2. The minimum atomic E-state index is -4.65. The minimum absolute atomic E-state index is 0.000581. The number of pyridine rings is 1. The maximum absolute atomic E-state index is 13.8. The molecule has 0 saturated heterocycles. The van der Waals surface area contributed by atoms with Gasteiger partial charge >= 0.3 is 12.1 Å². The third-order valence-corrected chi connectivity index (χ3v) is 20.3. The quantitative estimate of drug-likeness (QED) is 0.0162. The van der Waals surface area contributed by atoms with Gasteiger partial charge in [0.1, 0.15) is 36.6 Å². The topological polar surface area (TPSA) is 320 Å². The van der Waals surface area contributed by atoms with E-state index in [-0.39, 0.29) is 80.3 Å². The number of rotatable bonds is 30. The van der Waals surface area contributed by atoms with Crippen molar-refractivity contribution in [3.05, 3.63) is 131 Å². The summed E-state index contributed by atoms with van der Waals surface area (Å²) in [6.45, 7) is 9.07. The molecule has 2 aliphatic heterocycles. The number of anilines is 2. The van der Waals surface area contributed by atoms with Crippen molar-refractivity contribution in [2.24, 2.45) is 16.2 Å². The number of likely N-dealkylation sites (N-methyl/N-ethyl adjacent to an activating group) is 1. The summed E-state index contributed by atoms with van der Waals surface area (Å²) in [7, 11) is -2.98. The van der Waals surface area contributed by atoms with Crippen LogP contribution in [0.5, 0.6) is 5.75 Å². The van der Waals surface area contributed by atoms with Gasteiger partial charge in [-0.3, -0.25) is 43.4 Å². The fraction of sp³-hybridized carbons (Fsp3) is 0.471. The Balaban J connectivity index is 0.633. The van der Waals surface area contributed by atoms with Crippen molar-refractivity contribution in [3.63, 3.8) is 0 Å². The zero-order valence-corrected chi connectivity index (χ0v) is 55.3. The molecule has 503 valence electrons. The monoisotopic (exact) mass is 1340 g/mol. The molecule has 6 aliphatic rings. The van der Waals surface area contributed by atoms with Crippen LogP contribution in [0.3, 0.4) is 0 Å². The summed E-state index contributed by atoms with van der Waals surface area (Å²) in [6.07, 6.45) is 11.1. The van der Waals surface area contributed by atoms with Crippen molar-refractivity contribution < 1.29 is 70.6 Å². The molecule has 12 rings (SSSR count). The number of amides is 6. The summed E-state index contributed by atoms with van der Waals surface area (Å²) in [6, 6.07) is 23.5. The highest BCUT2D eigenvalue weighted by Gasteiger charge is 2.66. The predicted octanol–water partition coefficient (Wildman–Crippen LogP) is 7.95. The fourth-order valence-corrected chi connectivity index (χ4v) is 17.1. The summed E-state index contributed by atoms with van der Waals surface area (Å²) >= 11 is 1.41. The first-order chi connectivity index (χ1) is 45.4. The Labute approximate surface area is 554 Å². The summed E-state index contributed by atoms with van der Waals surface area (Å²) < 4.78 is 60.1. The minimum Gasteiger partial charge on any atom is -0.491 e. The number of carbonyl (C=O) groups excluding carboxylic acids is 6. The number of hydrogen-bond acceptors (Lipinski definition) is 18. The number of carboxylic acid groups (broad SMARTS) is 1. The Morgan fingerprint density at radius 3 is 2.41 bits per heavy atom. The largest absolute Gasteiger partial charge is 0.491 e. The molecule has 2 unspecified atom stereocenters. The molecule has 1 radical (unpaired) electrons. The van der Waals surface area contributed by atoms with Crippen LogP contribution in [0.2, 0.25) is 0 Å². The Morgan fingerprint density at radius 2 is 1.65 bits per heavy atom. The molecule has 5 N–H and O–H groups in total. The summed E-state index contributed by atoms with van der Waals surface area (Å²) in [5.41, 5.74) is 5.20. The molecule has 4 fully saturated rings. The van der Waals surface area contributed by atoms with Crippen LogP contribution in [-0.2, 0) is 69.6 Å². The number of imide groups is 1. The highest BCUT2D eigenvalue weighted by atomic mass is 32.2. The summed E-state index contributed by atoms with van der Waals surface area (Å²) in [5, 5.41) is 24.0. The lowest BCUT2D eigenvalue weighted by Gasteiger charge is -2.69. The van der Waals surface area contributed by atoms with Crippen LogP contribution in [0.4, 0.5) is 15.7 Å². The second kappa shape index (κ2) is 28.4. The molecule has 4 bridgehead atoms. The molecule has 3 aromatic carbocycles. The van der Waals surface area contributed by atoms with Gasteiger partial charge in [0.15, 0.2) is 10.8 Å². The highest BCUT2D eigenvalue weighted by molar-refractivity contribution is 7.85. The van der Waals surface area contributed by atoms with E-state index in [0.29, 0.717) is 90.9 Å². The first-order valence-corrected chi connectivity index (χ1v) is 34.4. The zero-order valence-electron chi connectivity index (χ0n) is 53.6. The smallest absolute Gasteiger partial charge is 0.409 e. The maximum atomic E-state index is 13.8. The Hall–Kier alpha value is -8.63. The number of carbonyl (C=O) groups is 7. The Morgan fingerprint density at radius 1 is 0.874 bits per heavy atom. The third-order valence-electron chi connectivity index (χ3n) is 18.6. The number of fused-ring (bicyclic) bond motifs is 2. The fourth-order valence-electron chi connectivity index (χ4n) is 15.6. The van der Waals surface area contributed by atoms with Gasteiger partial charge in [0.2, 0.25) is 11.8 Å². The number of ether oxygens (including phenoxy) is 4. The van der Waals surface area contributed by atoms with E-state index in [4.69, 9.17) is 29.0 Å². The van der Waals surface area contributed by atoms with Gasteiger partial charge in [-0.15, -0.1) is 0 Å². The lowest BCUT2D eigenvalue weighted by molar-refractivity contribution is -0.248. The molecule has 4 aliphatic carbocycles. The second-order valence-corrected chi connectivity index (χ2v) is 29.1. The van der Waals surface area contributed by atoms with Crippen molar-refractivity contribution in [1.29, 1.82) is 0 Å². The average molecular weight is 1340 g/mol. The predicted molar refractivity (Wildman–Crippen MR) is 351 cm³/mol. The van der Waals surface area contributed by atoms with Gasteiger partial charge in [0, 0.05) is 92.8 Å². The zero-order chi connectivity index (χ0) is 67.3. The van der Waals surface area contributed by atoms with Crippen LogP contribution in [0.15, 0.2) is 91.1 Å². The number of carboxylic acids is 1. The van der Waals surface area contributed by atoms with E-state index in [0.717, 1.165) is 70.5 Å². The number of unbranched alkanes of at least 4 members (excludes halogenated alkanes) is 2. The average Bonchev–Trinajstić information content (AvgIpc) is 1.21. The van der Waals surface area contributed by atoms with E-state index in [1.807, 2.05) is 71.1 Å². The number of benzene rings is 3. The number of hydrogen-bond donors (Lipinski definition) is 5. The van der Waals surface area contributed by atoms with E-state index >= 15 is 0 Å². The number of thiazole rings is 1. The first-order valence-electron chi connectivity index (χ1n) is 31.9. The maximum Gasteiger partial charge on any atom is 0.409 e. The van der Waals surface area contributed by atoms with Crippen LogP contribution in [-0.4, -0.2) is 166 Å². The van der Waals surface area contributed by atoms with E-state index in [9.17, 15) is 51.6 Å². The number of nitrogens with zero attached hydrogens (tertiary/aromatic N) is 7. The van der Waals surface area contributed by atoms with E-state index in [1.54, 1.807) is 31.4 Å². The molecule has 5 heterocycles. The Kier molecular flexibility index (Phi) is 20.2. The Bertz CT molecular complexity index is 4010. The molecule has 0 spiro atoms. The molecule has 3 atom stereocenters.